The Morgan fingerprint density at radius 3 is 2.62 bits per heavy atom. The molecule has 8 heteroatoms. The number of hydrogen-bond donors (Lipinski definition) is 1. The SMILES string of the molecule is Cc1ccc(OCC(=O)Oc2ccc(/C=C(\C#N)C(=O)NCc3ccco3)cc2)c(Br)c1. The lowest BCUT2D eigenvalue weighted by molar-refractivity contribution is -0.136. The van der Waals surface area contributed by atoms with Crippen LogP contribution >= 0.6 is 15.9 Å². The maximum absolute atomic E-state index is 12.2. The largest absolute Gasteiger partial charge is 0.481 e. The quantitative estimate of drug-likeness (QED) is 0.213. The lowest BCUT2D eigenvalue weighted by Crippen LogP contribution is -2.23. The van der Waals surface area contributed by atoms with Crippen molar-refractivity contribution in [1.29, 1.82) is 5.26 Å². The summed E-state index contributed by atoms with van der Waals surface area (Å²) in [5.41, 5.74) is 1.61. The Kier molecular flexibility index (Phi) is 7.84. The predicted molar refractivity (Wildman–Crippen MR) is 121 cm³/mol. The molecule has 0 saturated heterocycles. The highest BCUT2D eigenvalue weighted by Crippen LogP contribution is 2.25. The molecule has 3 aromatic rings. The molecule has 0 aliphatic carbocycles. The molecule has 1 heterocycles. The van der Waals surface area contributed by atoms with Gasteiger partial charge in [0.1, 0.15) is 28.9 Å². The predicted octanol–water partition coefficient (Wildman–Crippen LogP) is 4.56. The zero-order valence-corrected chi connectivity index (χ0v) is 18.7. The minimum absolute atomic E-state index is 0.0571. The summed E-state index contributed by atoms with van der Waals surface area (Å²) in [4.78, 5) is 24.2. The van der Waals surface area contributed by atoms with Crippen molar-refractivity contribution in [3.8, 4) is 17.6 Å². The second-order valence-electron chi connectivity index (χ2n) is 6.70. The molecule has 0 fully saturated rings. The first-order chi connectivity index (χ1) is 15.4. The van der Waals surface area contributed by atoms with Crippen molar-refractivity contribution < 1.29 is 23.5 Å². The molecule has 7 nitrogen and oxygen atoms in total. The van der Waals surface area contributed by atoms with Gasteiger partial charge in [0.05, 0.1) is 17.3 Å². The number of rotatable bonds is 8. The Balaban J connectivity index is 1.54. The van der Waals surface area contributed by atoms with Gasteiger partial charge in [0.15, 0.2) is 6.61 Å². The van der Waals surface area contributed by atoms with Crippen LogP contribution in [0.3, 0.4) is 0 Å². The number of amides is 1. The first-order valence-corrected chi connectivity index (χ1v) is 10.4. The minimum atomic E-state index is -0.559. The number of nitrogens with one attached hydrogen (secondary N) is 1. The standard InChI is InChI=1S/C24H19BrN2O5/c1-16-4-9-22(21(25)11-16)31-15-23(28)32-19-7-5-17(6-8-19)12-18(13-26)24(29)27-14-20-3-2-10-30-20/h2-12H,14-15H2,1H3,(H,27,29)/b18-12+. The smallest absolute Gasteiger partial charge is 0.349 e. The highest BCUT2D eigenvalue weighted by molar-refractivity contribution is 9.10. The fourth-order valence-electron chi connectivity index (χ4n) is 2.64. The lowest BCUT2D eigenvalue weighted by atomic mass is 10.1. The Morgan fingerprint density at radius 1 is 1.19 bits per heavy atom. The molecule has 0 radical (unpaired) electrons. The molecule has 3 rings (SSSR count). The molecule has 0 spiro atoms. The Hall–Kier alpha value is -3.83. The fourth-order valence-corrected chi connectivity index (χ4v) is 3.25. The molecule has 1 N–H and O–H groups in total. The lowest BCUT2D eigenvalue weighted by Gasteiger charge is -2.09. The van der Waals surface area contributed by atoms with Crippen molar-refractivity contribution >= 4 is 33.9 Å². The third-order valence-electron chi connectivity index (χ3n) is 4.22. The van der Waals surface area contributed by atoms with E-state index >= 15 is 0 Å². The van der Waals surface area contributed by atoms with Gasteiger partial charge in [-0.2, -0.15) is 5.26 Å². The molecule has 1 amide bonds. The van der Waals surface area contributed by atoms with Crippen molar-refractivity contribution in [3.63, 3.8) is 0 Å². The Morgan fingerprint density at radius 2 is 1.97 bits per heavy atom. The molecular weight excluding hydrogens is 476 g/mol. The van der Waals surface area contributed by atoms with E-state index in [-0.39, 0.29) is 18.7 Å². The molecule has 0 bridgehead atoms. The number of furan rings is 1. The topological polar surface area (TPSA) is 102 Å². The zero-order valence-electron chi connectivity index (χ0n) is 17.1. The van der Waals surface area contributed by atoms with Gasteiger partial charge in [0.2, 0.25) is 0 Å². The number of benzene rings is 2. The van der Waals surface area contributed by atoms with E-state index in [9.17, 15) is 14.9 Å². The molecule has 0 atom stereocenters. The van der Waals surface area contributed by atoms with Crippen molar-refractivity contribution in [2.75, 3.05) is 6.61 Å². The van der Waals surface area contributed by atoms with Crippen molar-refractivity contribution in [1.82, 2.24) is 5.32 Å². The van der Waals surface area contributed by atoms with Crippen LogP contribution in [0.5, 0.6) is 11.5 Å². The zero-order chi connectivity index (χ0) is 22.9. The van der Waals surface area contributed by atoms with E-state index in [0.29, 0.717) is 22.8 Å². The number of aryl methyl sites for hydroxylation is 1. The van der Waals surface area contributed by atoms with Gasteiger partial charge in [-0.3, -0.25) is 4.79 Å². The van der Waals surface area contributed by atoms with Gasteiger partial charge in [-0.15, -0.1) is 0 Å². The van der Waals surface area contributed by atoms with E-state index < -0.39 is 11.9 Å². The normalized spacial score (nSPS) is 10.8. The minimum Gasteiger partial charge on any atom is -0.481 e. The maximum atomic E-state index is 12.2. The van der Waals surface area contributed by atoms with Crippen LogP contribution in [0.1, 0.15) is 16.9 Å². The Bertz CT molecular complexity index is 1160. The van der Waals surface area contributed by atoms with Gasteiger partial charge in [0.25, 0.3) is 5.91 Å². The summed E-state index contributed by atoms with van der Waals surface area (Å²) in [5, 5.41) is 11.9. The van der Waals surface area contributed by atoms with E-state index in [4.69, 9.17) is 13.9 Å². The average Bonchev–Trinajstić information content (AvgIpc) is 3.30. The van der Waals surface area contributed by atoms with Crippen LogP contribution in [0.2, 0.25) is 0 Å². The number of carbonyl (C=O) groups excluding carboxylic acids is 2. The summed E-state index contributed by atoms with van der Waals surface area (Å²) in [6.07, 6.45) is 2.95. The summed E-state index contributed by atoms with van der Waals surface area (Å²) < 4.78 is 16.6. The highest BCUT2D eigenvalue weighted by Gasteiger charge is 2.11. The second-order valence-corrected chi connectivity index (χ2v) is 7.55. The van der Waals surface area contributed by atoms with E-state index in [1.807, 2.05) is 25.1 Å². The fraction of sp³-hybridized carbons (Fsp3) is 0.125. The third-order valence-corrected chi connectivity index (χ3v) is 4.84. The summed E-state index contributed by atoms with van der Waals surface area (Å²) in [7, 11) is 0. The van der Waals surface area contributed by atoms with Gasteiger partial charge in [0, 0.05) is 0 Å². The Labute approximate surface area is 193 Å². The number of hydrogen-bond acceptors (Lipinski definition) is 6. The van der Waals surface area contributed by atoms with Crippen LogP contribution in [0.25, 0.3) is 6.08 Å². The highest BCUT2D eigenvalue weighted by atomic mass is 79.9. The van der Waals surface area contributed by atoms with E-state index in [1.54, 1.807) is 42.5 Å². The molecule has 162 valence electrons. The molecule has 0 saturated carbocycles. The molecule has 1 aromatic heterocycles. The number of carbonyl (C=O) groups is 2. The second kappa shape index (κ2) is 11.0. The van der Waals surface area contributed by atoms with Crippen LogP contribution in [0.15, 0.2) is 75.3 Å². The number of nitrogens with zero attached hydrogens (tertiary/aromatic N) is 1. The van der Waals surface area contributed by atoms with Crippen molar-refractivity contribution in [2.45, 2.75) is 13.5 Å². The first-order valence-electron chi connectivity index (χ1n) is 9.56. The van der Waals surface area contributed by atoms with Crippen LogP contribution in [-0.4, -0.2) is 18.5 Å². The summed E-state index contributed by atoms with van der Waals surface area (Å²) in [6, 6.07) is 17.3. The van der Waals surface area contributed by atoms with Crippen LogP contribution < -0.4 is 14.8 Å². The molecular formula is C24H19BrN2O5. The van der Waals surface area contributed by atoms with Gasteiger partial charge in [-0.05, 0) is 76.5 Å². The number of ether oxygens (including phenoxy) is 2. The summed E-state index contributed by atoms with van der Waals surface area (Å²) in [6.45, 7) is 1.88. The van der Waals surface area contributed by atoms with Gasteiger partial charge >= 0.3 is 5.97 Å². The number of nitriles is 1. The molecule has 0 aliphatic heterocycles. The van der Waals surface area contributed by atoms with Crippen LogP contribution in [0.4, 0.5) is 0 Å². The first kappa shape index (κ1) is 22.8. The van der Waals surface area contributed by atoms with Gasteiger partial charge in [-0.1, -0.05) is 18.2 Å². The third kappa shape index (κ3) is 6.59. The average molecular weight is 495 g/mol. The summed E-state index contributed by atoms with van der Waals surface area (Å²) >= 11 is 3.39. The number of esters is 1. The molecule has 0 aliphatic rings. The maximum Gasteiger partial charge on any atom is 0.349 e. The van der Waals surface area contributed by atoms with Crippen molar-refractivity contribution in [3.05, 3.63) is 87.8 Å². The number of halogens is 1. The monoisotopic (exact) mass is 494 g/mol. The van der Waals surface area contributed by atoms with Gasteiger partial charge < -0.3 is 19.2 Å². The molecule has 32 heavy (non-hydrogen) atoms. The van der Waals surface area contributed by atoms with E-state index in [0.717, 1.165) is 10.0 Å². The van der Waals surface area contributed by atoms with E-state index in [2.05, 4.69) is 21.2 Å². The molecule has 0 unspecified atom stereocenters. The molecule has 2 aromatic carbocycles. The van der Waals surface area contributed by atoms with Gasteiger partial charge in [-0.25, -0.2) is 4.79 Å². The summed E-state index contributed by atoms with van der Waals surface area (Å²) in [5.74, 6) is 0.372. The van der Waals surface area contributed by atoms with E-state index in [1.165, 1.54) is 12.3 Å². The van der Waals surface area contributed by atoms with Crippen LogP contribution in [-0.2, 0) is 16.1 Å². The van der Waals surface area contributed by atoms with Crippen molar-refractivity contribution in [2.24, 2.45) is 0 Å². The van der Waals surface area contributed by atoms with Crippen LogP contribution in [0, 0.1) is 18.3 Å².